The molecule has 42 heavy (non-hydrogen) atoms. The molecule has 2 aliphatic heterocycles. The highest BCUT2D eigenvalue weighted by molar-refractivity contribution is 7.00. The monoisotopic (exact) mass is 590 g/mol. The van der Waals surface area contributed by atoms with E-state index >= 15 is 0 Å². The number of cyclic esters (lactones) is 1. The first-order valence-corrected chi connectivity index (χ1v) is 14.3. The zero-order chi connectivity index (χ0) is 29.6. The lowest BCUT2D eigenvalue weighted by Gasteiger charge is -2.26. The van der Waals surface area contributed by atoms with Crippen molar-refractivity contribution in [2.45, 2.75) is 52.1 Å². The van der Waals surface area contributed by atoms with Gasteiger partial charge in [-0.15, -0.1) is 0 Å². The number of ether oxygens (including phenoxy) is 6. The molecule has 0 amide bonds. The van der Waals surface area contributed by atoms with Gasteiger partial charge >= 0.3 is 5.97 Å². The number of methoxy groups -OCH3 is 1. The first kappa shape index (κ1) is 27.8. The van der Waals surface area contributed by atoms with Gasteiger partial charge in [0, 0.05) is 17.6 Å². The smallest absolute Gasteiger partial charge is 0.342 e. The van der Waals surface area contributed by atoms with Gasteiger partial charge < -0.3 is 33.5 Å². The van der Waals surface area contributed by atoms with E-state index in [0.29, 0.717) is 62.0 Å². The molecule has 6 rings (SSSR count). The lowest BCUT2D eigenvalue weighted by Crippen LogP contribution is -2.29. The average Bonchev–Trinajstić information content (AvgIpc) is 3.67. The maximum Gasteiger partial charge on any atom is 0.342 e. The summed E-state index contributed by atoms with van der Waals surface area (Å²) in [5.74, 6) is -0.251. The highest BCUT2D eigenvalue weighted by Crippen LogP contribution is 2.48. The molecule has 218 valence electrons. The number of hydrogen-bond donors (Lipinski definition) is 1. The Morgan fingerprint density at radius 2 is 1.67 bits per heavy atom. The number of carbonyl (C=O) groups excluding carboxylic acids is 1. The Morgan fingerprint density at radius 1 is 0.929 bits per heavy atom. The quantitative estimate of drug-likeness (QED) is 0.254. The minimum Gasteiger partial charge on any atom is -0.493 e. The van der Waals surface area contributed by atoms with E-state index in [1.165, 1.54) is 0 Å². The minimum absolute atomic E-state index is 0.0873. The first-order chi connectivity index (χ1) is 20.2. The average molecular weight is 591 g/mol. The van der Waals surface area contributed by atoms with Crippen molar-refractivity contribution in [3.8, 4) is 28.7 Å². The fourth-order valence-corrected chi connectivity index (χ4v) is 5.62. The Balaban J connectivity index is 1.53. The Bertz CT molecular complexity index is 1710. The summed E-state index contributed by atoms with van der Waals surface area (Å²) in [6.45, 7) is 7.77. The Hall–Kier alpha value is -4.35. The van der Waals surface area contributed by atoms with Crippen LogP contribution in [0.1, 0.15) is 44.4 Å². The number of benzene rings is 3. The molecule has 0 radical (unpaired) electrons. The first-order valence-electron chi connectivity index (χ1n) is 13.5. The van der Waals surface area contributed by atoms with E-state index in [-0.39, 0.29) is 31.0 Å². The number of fused-ring (bicyclic) bond motifs is 2. The topological polar surface area (TPSA) is 118 Å². The molecule has 1 unspecified atom stereocenters. The van der Waals surface area contributed by atoms with Crippen LogP contribution in [0.5, 0.6) is 28.7 Å². The second-order valence-corrected chi connectivity index (χ2v) is 11.1. The van der Waals surface area contributed by atoms with Crippen LogP contribution >= 0.6 is 11.7 Å². The number of hydrogen-bond acceptors (Lipinski definition) is 11. The van der Waals surface area contributed by atoms with Gasteiger partial charge in [-0.3, -0.25) is 0 Å². The molecule has 0 spiro atoms. The maximum absolute atomic E-state index is 13.6. The third kappa shape index (κ3) is 4.99. The highest BCUT2D eigenvalue weighted by atomic mass is 32.1. The van der Waals surface area contributed by atoms with E-state index < -0.39 is 11.8 Å². The van der Waals surface area contributed by atoms with Gasteiger partial charge in [-0.1, -0.05) is 6.07 Å². The second-order valence-electron chi connectivity index (χ2n) is 10.6. The van der Waals surface area contributed by atoms with Crippen molar-refractivity contribution in [3.63, 3.8) is 0 Å². The van der Waals surface area contributed by atoms with Crippen LogP contribution in [0.25, 0.3) is 16.6 Å². The molecule has 0 saturated heterocycles. The molecule has 0 aliphatic carbocycles. The third-order valence-corrected chi connectivity index (χ3v) is 7.42. The Labute approximate surface area is 246 Å². The Morgan fingerprint density at radius 3 is 2.43 bits per heavy atom. The molecule has 10 nitrogen and oxygen atoms in total. The molecule has 11 heteroatoms. The fourth-order valence-electron chi connectivity index (χ4n) is 5.10. The molecular weight excluding hydrogens is 560 g/mol. The van der Waals surface area contributed by atoms with Gasteiger partial charge in [0.05, 0.1) is 36.6 Å². The molecule has 3 aromatic carbocycles. The third-order valence-electron chi connectivity index (χ3n) is 6.86. The molecule has 4 aromatic rings. The standard InChI is InChI=1S/C31H30N2O8S/c1-16(2)39-27-12-18(11-26(36-5)29(27)40-17(3)4)10-21-28(19-6-9-24-25(13-19)38-15-37-24)30(34)41-31(21,35)20-7-8-22-23(14-20)33-42-32-22/h6-9,11-14,16-17,35H,10,15H2,1-5H3. The molecule has 1 N–H and O–H groups in total. The zero-order valence-corrected chi connectivity index (χ0v) is 24.6. The van der Waals surface area contributed by atoms with Crippen molar-refractivity contribution in [2.75, 3.05) is 13.9 Å². The van der Waals surface area contributed by atoms with Gasteiger partial charge in [0.2, 0.25) is 12.5 Å². The summed E-state index contributed by atoms with van der Waals surface area (Å²) in [4.78, 5) is 13.6. The van der Waals surface area contributed by atoms with E-state index in [1.807, 2.05) is 39.8 Å². The number of rotatable bonds is 9. The molecule has 0 fully saturated rings. The largest absolute Gasteiger partial charge is 0.493 e. The normalized spacial score (nSPS) is 17.9. The summed E-state index contributed by atoms with van der Waals surface area (Å²) in [6, 6.07) is 14.0. The summed E-state index contributed by atoms with van der Waals surface area (Å²) < 4.78 is 43.3. The van der Waals surface area contributed by atoms with Crippen molar-refractivity contribution in [2.24, 2.45) is 0 Å². The number of esters is 1. The fraction of sp³-hybridized carbons (Fsp3) is 0.323. The van der Waals surface area contributed by atoms with Gasteiger partial charge in [-0.25, -0.2) is 4.79 Å². The zero-order valence-electron chi connectivity index (χ0n) is 23.8. The summed E-state index contributed by atoms with van der Waals surface area (Å²) in [6.07, 6.45) is -0.151. The summed E-state index contributed by atoms with van der Waals surface area (Å²) in [5.41, 5.74) is 3.41. The van der Waals surface area contributed by atoms with Crippen LogP contribution in [-0.2, 0) is 21.7 Å². The van der Waals surface area contributed by atoms with Gasteiger partial charge in [-0.05, 0) is 81.3 Å². The van der Waals surface area contributed by atoms with Crippen LogP contribution in [0.3, 0.4) is 0 Å². The highest BCUT2D eigenvalue weighted by Gasteiger charge is 2.48. The molecule has 1 aromatic heterocycles. The van der Waals surface area contributed by atoms with E-state index in [9.17, 15) is 9.90 Å². The summed E-state index contributed by atoms with van der Waals surface area (Å²) in [5, 5.41) is 12.2. The van der Waals surface area contributed by atoms with E-state index in [0.717, 1.165) is 11.7 Å². The van der Waals surface area contributed by atoms with Crippen molar-refractivity contribution < 1.29 is 38.3 Å². The minimum atomic E-state index is -2.08. The summed E-state index contributed by atoms with van der Waals surface area (Å²) >= 11 is 1.06. The van der Waals surface area contributed by atoms with Crippen molar-refractivity contribution in [1.29, 1.82) is 0 Å². The van der Waals surface area contributed by atoms with Crippen LogP contribution < -0.4 is 23.7 Å². The maximum atomic E-state index is 13.6. The number of aromatic nitrogens is 2. The SMILES string of the molecule is COc1cc(CC2=C(c3ccc4c(c3)OCO4)C(=O)OC2(O)c2ccc3nsnc3c2)cc(OC(C)C)c1OC(C)C. The van der Waals surface area contributed by atoms with Gasteiger partial charge in [0.15, 0.2) is 23.0 Å². The molecule has 3 heterocycles. The second kappa shape index (κ2) is 10.8. The van der Waals surface area contributed by atoms with E-state index in [4.69, 9.17) is 28.4 Å². The van der Waals surface area contributed by atoms with E-state index in [1.54, 1.807) is 43.5 Å². The predicted octanol–water partition coefficient (Wildman–Crippen LogP) is 5.40. The predicted molar refractivity (Wildman–Crippen MR) is 155 cm³/mol. The summed E-state index contributed by atoms with van der Waals surface area (Å²) in [7, 11) is 1.55. The van der Waals surface area contributed by atoms with Crippen LogP contribution in [0.2, 0.25) is 0 Å². The van der Waals surface area contributed by atoms with Crippen molar-refractivity contribution in [1.82, 2.24) is 8.75 Å². The van der Waals surface area contributed by atoms with E-state index in [2.05, 4.69) is 8.75 Å². The molecule has 1 atom stereocenters. The van der Waals surface area contributed by atoms with Gasteiger partial charge in [0.1, 0.15) is 11.0 Å². The molecule has 0 saturated carbocycles. The molecule has 0 bridgehead atoms. The van der Waals surface area contributed by atoms with Crippen LogP contribution in [-0.4, -0.2) is 45.9 Å². The van der Waals surface area contributed by atoms with Crippen LogP contribution in [0, 0.1) is 0 Å². The molecule has 2 aliphatic rings. The molecular formula is C31H30N2O8S. The van der Waals surface area contributed by atoms with Gasteiger partial charge in [-0.2, -0.15) is 8.75 Å². The lowest BCUT2D eigenvalue weighted by molar-refractivity contribution is -0.185. The number of nitrogens with zero attached hydrogens (tertiary/aromatic N) is 2. The Kier molecular flexibility index (Phi) is 7.15. The number of aliphatic hydroxyl groups is 1. The van der Waals surface area contributed by atoms with Crippen molar-refractivity contribution in [3.05, 3.63) is 70.8 Å². The number of carbonyl (C=O) groups is 1. The van der Waals surface area contributed by atoms with Crippen LogP contribution in [0.4, 0.5) is 0 Å². The van der Waals surface area contributed by atoms with Crippen LogP contribution in [0.15, 0.2) is 54.1 Å². The lowest BCUT2D eigenvalue weighted by atomic mass is 9.87. The van der Waals surface area contributed by atoms with Crippen molar-refractivity contribution >= 4 is 34.3 Å². The van der Waals surface area contributed by atoms with Gasteiger partial charge in [0.25, 0.3) is 5.79 Å².